The maximum Gasteiger partial charge on any atom is 0.277 e. The molecule has 1 aliphatic heterocycles. The first-order chi connectivity index (χ1) is 11.5. The molecule has 0 atom stereocenters. The van der Waals surface area contributed by atoms with Crippen molar-refractivity contribution in [2.75, 3.05) is 5.32 Å². The van der Waals surface area contributed by atoms with Crippen LogP contribution in [0.5, 0.6) is 0 Å². The van der Waals surface area contributed by atoms with Crippen LogP contribution < -0.4 is 5.32 Å². The van der Waals surface area contributed by atoms with Crippen LogP contribution in [0.25, 0.3) is 0 Å². The molecule has 0 saturated heterocycles. The van der Waals surface area contributed by atoms with Crippen LogP contribution in [0.1, 0.15) is 11.1 Å². The number of rotatable bonds is 4. The lowest BCUT2D eigenvalue weighted by molar-refractivity contribution is -0.137. The summed E-state index contributed by atoms with van der Waals surface area (Å²) in [6.45, 7) is 1.55. The highest BCUT2D eigenvalue weighted by atomic mass is 19.2. The second-order valence-electron chi connectivity index (χ2n) is 5.46. The summed E-state index contributed by atoms with van der Waals surface area (Å²) in [5.74, 6) is -3.15. The molecule has 3 rings (SSSR count). The summed E-state index contributed by atoms with van der Waals surface area (Å²) in [4.78, 5) is 25.4. The van der Waals surface area contributed by atoms with Crippen LogP contribution >= 0.6 is 0 Å². The molecule has 0 saturated carbocycles. The molecule has 2 amide bonds. The maximum absolute atomic E-state index is 13.9. The normalized spacial score (nSPS) is 14.1. The fraction of sp³-hybridized carbons (Fsp3) is 0.111. The smallest absolute Gasteiger partial charge is 0.277 e. The van der Waals surface area contributed by atoms with Gasteiger partial charge in [0.2, 0.25) is 0 Å². The molecule has 122 valence electrons. The molecule has 2 aromatic rings. The van der Waals surface area contributed by atoms with E-state index in [9.17, 15) is 18.4 Å². The van der Waals surface area contributed by atoms with E-state index in [1.807, 2.05) is 6.07 Å². The largest absolute Gasteiger partial charge is 0.348 e. The fourth-order valence-corrected chi connectivity index (χ4v) is 2.40. The zero-order valence-electron chi connectivity index (χ0n) is 12.8. The molecule has 1 N–H and O–H groups in total. The highest BCUT2D eigenvalue weighted by Gasteiger charge is 2.31. The molecule has 6 heteroatoms. The summed E-state index contributed by atoms with van der Waals surface area (Å²) in [5, 5.41) is 2.51. The van der Waals surface area contributed by atoms with Gasteiger partial charge in [-0.1, -0.05) is 36.4 Å². The van der Waals surface area contributed by atoms with Crippen LogP contribution in [-0.2, 0) is 16.1 Å². The Morgan fingerprint density at radius 3 is 2.42 bits per heavy atom. The zero-order valence-corrected chi connectivity index (χ0v) is 12.8. The number of amides is 2. The molecule has 0 aliphatic carbocycles. The lowest BCUT2D eigenvalue weighted by atomic mass is 10.2. The third-order valence-electron chi connectivity index (χ3n) is 3.74. The van der Waals surface area contributed by atoms with E-state index in [2.05, 4.69) is 5.32 Å². The lowest BCUT2D eigenvalue weighted by Crippen LogP contribution is -2.31. The number of carbonyl (C=O) groups excluding carboxylic acids is 2. The quantitative estimate of drug-likeness (QED) is 0.877. The standard InChI is InChI=1S/C18H14F2N2O2/c1-11-7-8-13(17(20)16(11)19)21-14-9-15(23)22(18(14)24)10-12-5-3-2-4-6-12/h2-9,21H,10H2,1H3. The van der Waals surface area contributed by atoms with Gasteiger partial charge in [0.05, 0.1) is 12.2 Å². The number of nitrogens with one attached hydrogen (secondary N) is 1. The van der Waals surface area contributed by atoms with Crippen molar-refractivity contribution < 1.29 is 18.4 Å². The molecule has 2 aromatic carbocycles. The predicted molar refractivity (Wildman–Crippen MR) is 84.8 cm³/mol. The van der Waals surface area contributed by atoms with Gasteiger partial charge in [-0.25, -0.2) is 8.78 Å². The fourth-order valence-electron chi connectivity index (χ4n) is 2.40. The van der Waals surface area contributed by atoms with Crippen LogP contribution in [-0.4, -0.2) is 16.7 Å². The van der Waals surface area contributed by atoms with Crippen molar-refractivity contribution in [3.63, 3.8) is 0 Å². The highest BCUT2D eigenvalue weighted by molar-refractivity contribution is 6.17. The van der Waals surface area contributed by atoms with E-state index < -0.39 is 23.4 Å². The van der Waals surface area contributed by atoms with Gasteiger partial charge in [-0.2, -0.15) is 0 Å². The molecule has 0 fully saturated rings. The Bertz CT molecular complexity index is 848. The number of carbonyl (C=O) groups is 2. The van der Waals surface area contributed by atoms with E-state index in [0.717, 1.165) is 16.5 Å². The first-order valence-corrected chi connectivity index (χ1v) is 7.30. The number of hydrogen-bond acceptors (Lipinski definition) is 3. The average molecular weight is 328 g/mol. The Kier molecular flexibility index (Phi) is 4.12. The van der Waals surface area contributed by atoms with Crippen molar-refractivity contribution >= 4 is 17.5 Å². The van der Waals surface area contributed by atoms with E-state index >= 15 is 0 Å². The van der Waals surface area contributed by atoms with Gasteiger partial charge < -0.3 is 5.32 Å². The number of halogens is 2. The lowest BCUT2D eigenvalue weighted by Gasteiger charge is -2.15. The second-order valence-corrected chi connectivity index (χ2v) is 5.46. The monoisotopic (exact) mass is 328 g/mol. The van der Waals surface area contributed by atoms with Gasteiger partial charge in [-0.3, -0.25) is 14.5 Å². The van der Waals surface area contributed by atoms with Crippen molar-refractivity contribution in [1.29, 1.82) is 0 Å². The Morgan fingerprint density at radius 2 is 1.71 bits per heavy atom. The Balaban J connectivity index is 1.79. The van der Waals surface area contributed by atoms with Crippen LogP contribution in [0, 0.1) is 18.6 Å². The van der Waals surface area contributed by atoms with E-state index in [1.54, 1.807) is 24.3 Å². The summed E-state index contributed by atoms with van der Waals surface area (Å²) in [6.07, 6.45) is 1.09. The molecular weight excluding hydrogens is 314 g/mol. The molecule has 0 aromatic heterocycles. The summed E-state index contributed by atoms with van der Waals surface area (Å²) in [6, 6.07) is 11.7. The number of benzene rings is 2. The van der Waals surface area contributed by atoms with Gasteiger partial charge in [0, 0.05) is 6.08 Å². The first kappa shape index (κ1) is 15.9. The number of hydrogen-bond donors (Lipinski definition) is 1. The molecular formula is C18H14F2N2O2. The van der Waals surface area contributed by atoms with Gasteiger partial charge in [0.15, 0.2) is 11.6 Å². The van der Waals surface area contributed by atoms with Crippen LogP contribution in [0.3, 0.4) is 0 Å². The van der Waals surface area contributed by atoms with Gasteiger partial charge in [0.25, 0.3) is 11.8 Å². The predicted octanol–water partition coefficient (Wildman–Crippen LogP) is 3.14. The van der Waals surface area contributed by atoms with E-state index in [-0.39, 0.29) is 23.5 Å². The first-order valence-electron chi connectivity index (χ1n) is 7.30. The molecule has 0 bridgehead atoms. The molecule has 24 heavy (non-hydrogen) atoms. The number of nitrogens with zero attached hydrogens (tertiary/aromatic N) is 1. The minimum Gasteiger partial charge on any atom is -0.348 e. The third kappa shape index (κ3) is 2.90. The third-order valence-corrected chi connectivity index (χ3v) is 3.74. The van der Waals surface area contributed by atoms with Gasteiger partial charge in [-0.05, 0) is 24.1 Å². The Morgan fingerprint density at radius 1 is 1.00 bits per heavy atom. The van der Waals surface area contributed by atoms with Crippen molar-refractivity contribution in [2.45, 2.75) is 13.5 Å². The summed E-state index contributed by atoms with van der Waals surface area (Å²) < 4.78 is 27.5. The van der Waals surface area contributed by atoms with Crippen LogP contribution in [0.15, 0.2) is 54.2 Å². The van der Waals surface area contributed by atoms with Crippen molar-refractivity contribution in [2.24, 2.45) is 0 Å². The molecule has 4 nitrogen and oxygen atoms in total. The van der Waals surface area contributed by atoms with E-state index in [0.29, 0.717) is 0 Å². The van der Waals surface area contributed by atoms with E-state index in [4.69, 9.17) is 0 Å². The number of imide groups is 1. The molecule has 1 aliphatic rings. The summed E-state index contributed by atoms with van der Waals surface area (Å²) >= 11 is 0. The Hall–Kier alpha value is -3.02. The molecule has 0 radical (unpaired) electrons. The minimum atomic E-state index is -1.09. The van der Waals surface area contributed by atoms with Crippen molar-refractivity contribution in [3.05, 3.63) is 77.0 Å². The van der Waals surface area contributed by atoms with Crippen molar-refractivity contribution in [3.8, 4) is 0 Å². The van der Waals surface area contributed by atoms with Gasteiger partial charge in [0.1, 0.15) is 5.70 Å². The molecule has 0 spiro atoms. The highest BCUT2D eigenvalue weighted by Crippen LogP contribution is 2.24. The van der Waals surface area contributed by atoms with Crippen LogP contribution in [0.2, 0.25) is 0 Å². The van der Waals surface area contributed by atoms with Gasteiger partial charge in [-0.15, -0.1) is 0 Å². The number of aryl methyl sites for hydroxylation is 1. The average Bonchev–Trinajstić information content (AvgIpc) is 2.84. The maximum atomic E-state index is 13.9. The molecule has 0 unspecified atom stereocenters. The zero-order chi connectivity index (χ0) is 17.3. The Labute approximate surface area is 137 Å². The minimum absolute atomic E-state index is 0.0851. The summed E-state index contributed by atoms with van der Waals surface area (Å²) in [7, 11) is 0. The summed E-state index contributed by atoms with van der Waals surface area (Å²) in [5.41, 5.74) is 0.679. The van der Waals surface area contributed by atoms with Gasteiger partial charge >= 0.3 is 0 Å². The topological polar surface area (TPSA) is 49.4 Å². The van der Waals surface area contributed by atoms with Crippen LogP contribution in [0.4, 0.5) is 14.5 Å². The number of anilines is 1. The second kappa shape index (κ2) is 6.23. The molecule has 1 heterocycles. The van der Waals surface area contributed by atoms with Crippen molar-refractivity contribution in [1.82, 2.24) is 4.90 Å². The van der Waals surface area contributed by atoms with E-state index in [1.165, 1.54) is 19.1 Å². The SMILES string of the molecule is Cc1ccc(NC2=CC(=O)N(Cc3ccccc3)C2=O)c(F)c1F.